The van der Waals surface area contributed by atoms with Crippen LogP contribution in [-0.2, 0) is 0 Å². The molecule has 0 aliphatic heterocycles. The molecule has 0 fully saturated rings. The van der Waals surface area contributed by atoms with Crippen molar-refractivity contribution in [2.45, 2.75) is 4.90 Å². The van der Waals surface area contributed by atoms with E-state index >= 15 is 0 Å². The molecule has 0 aliphatic carbocycles. The fourth-order valence-corrected chi connectivity index (χ4v) is 2.04. The topological polar surface area (TPSA) is 40.5 Å². The molecule has 0 bridgehead atoms. The molecule has 2 N–H and O–H groups in total. The summed E-state index contributed by atoms with van der Waals surface area (Å²) >= 11 is 12.9. The Morgan fingerprint density at radius 3 is 2.54 bits per heavy atom. The molecule has 1 rings (SSSR count). The number of thioether (sulfide) groups is 1. The number of phenols is 1. The molecule has 13 heavy (non-hydrogen) atoms. The normalized spacial score (nSPS) is 10.4. The SMILES string of the molecule is OCCSc1ccc(O)c(Cl)c1Cl. The van der Waals surface area contributed by atoms with Gasteiger partial charge < -0.3 is 10.2 Å². The zero-order chi connectivity index (χ0) is 9.84. The van der Waals surface area contributed by atoms with Crippen LogP contribution in [0.25, 0.3) is 0 Å². The highest BCUT2D eigenvalue weighted by molar-refractivity contribution is 7.99. The summed E-state index contributed by atoms with van der Waals surface area (Å²) in [4.78, 5) is 0.763. The van der Waals surface area contributed by atoms with Gasteiger partial charge in [-0.1, -0.05) is 23.2 Å². The predicted octanol–water partition coefficient (Wildman–Crippen LogP) is 2.78. The second-order valence-corrected chi connectivity index (χ2v) is 4.18. The van der Waals surface area contributed by atoms with Gasteiger partial charge in [-0.25, -0.2) is 0 Å². The van der Waals surface area contributed by atoms with Gasteiger partial charge in [-0.05, 0) is 12.1 Å². The van der Waals surface area contributed by atoms with Crippen molar-refractivity contribution < 1.29 is 10.2 Å². The van der Waals surface area contributed by atoms with E-state index in [4.69, 9.17) is 28.3 Å². The number of aliphatic hydroxyl groups excluding tert-OH is 1. The van der Waals surface area contributed by atoms with E-state index in [1.165, 1.54) is 17.8 Å². The number of rotatable bonds is 3. The summed E-state index contributed by atoms with van der Waals surface area (Å²) in [7, 11) is 0. The minimum absolute atomic E-state index is 0.0278. The third-order valence-electron chi connectivity index (χ3n) is 1.38. The van der Waals surface area contributed by atoms with Crippen molar-refractivity contribution in [3.63, 3.8) is 0 Å². The first-order chi connectivity index (χ1) is 6.16. The lowest BCUT2D eigenvalue weighted by atomic mass is 10.3. The Morgan fingerprint density at radius 2 is 1.92 bits per heavy atom. The first kappa shape index (κ1) is 11.0. The lowest BCUT2D eigenvalue weighted by molar-refractivity contribution is 0.322. The maximum absolute atomic E-state index is 9.17. The summed E-state index contributed by atoms with van der Waals surface area (Å²) in [6.45, 7) is 0.0828. The van der Waals surface area contributed by atoms with Crippen LogP contribution in [0.15, 0.2) is 17.0 Å². The van der Waals surface area contributed by atoms with Crippen molar-refractivity contribution in [3.8, 4) is 5.75 Å². The number of aliphatic hydroxyl groups is 1. The van der Waals surface area contributed by atoms with Crippen molar-refractivity contribution in [1.29, 1.82) is 0 Å². The van der Waals surface area contributed by atoms with E-state index in [1.54, 1.807) is 6.07 Å². The van der Waals surface area contributed by atoms with Crippen LogP contribution < -0.4 is 0 Å². The van der Waals surface area contributed by atoms with Gasteiger partial charge in [0, 0.05) is 10.6 Å². The number of hydrogen-bond acceptors (Lipinski definition) is 3. The molecule has 0 aliphatic rings. The van der Waals surface area contributed by atoms with Crippen LogP contribution in [0.5, 0.6) is 5.75 Å². The first-order valence-electron chi connectivity index (χ1n) is 3.57. The number of halogens is 2. The number of hydrogen-bond donors (Lipinski definition) is 2. The Balaban J connectivity index is 2.90. The molecule has 72 valence electrons. The first-order valence-corrected chi connectivity index (χ1v) is 5.31. The molecule has 0 aromatic heterocycles. The minimum atomic E-state index is -0.0278. The van der Waals surface area contributed by atoms with Crippen molar-refractivity contribution in [2.75, 3.05) is 12.4 Å². The van der Waals surface area contributed by atoms with Gasteiger partial charge in [0.05, 0.1) is 11.6 Å². The smallest absolute Gasteiger partial charge is 0.135 e. The number of benzene rings is 1. The largest absolute Gasteiger partial charge is 0.506 e. The number of aromatic hydroxyl groups is 1. The Bertz CT molecular complexity index is 304. The maximum Gasteiger partial charge on any atom is 0.135 e. The Kier molecular flexibility index (Phi) is 4.19. The highest BCUT2D eigenvalue weighted by Crippen LogP contribution is 2.38. The summed E-state index contributed by atoms with van der Waals surface area (Å²) in [6.07, 6.45) is 0. The molecular formula is C8H8Cl2O2S. The van der Waals surface area contributed by atoms with E-state index in [1.807, 2.05) is 0 Å². The van der Waals surface area contributed by atoms with Gasteiger partial charge in [0.2, 0.25) is 0 Å². The lowest BCUT2D eigenvalue weighted by Crippen LogP contribution is -1.86. The molecule has 1 aromatic carbocycles. The van der Waals surface area contributed by atoms with Gasteiger partial charge in [0.25, 0.3) is 0 Å². The Labute approximate surface area is 90.5 Å². The molecule has 0 atom stereocenters. The van der Waals surface area contributed by atoms with Crippen LogP contribution in [0.3, 0.4) is 0 Å². The molecule has 0 spiro atoms. The second-order valence-electron chi connectivity index (χ2n) is 2.28. The maximum atomic E-state index is 9.17. The van der Waals surface area contributed by atoms with Crippen LogP contribution in [0.2, 0.25) is 10.0 Å². The van der Waals surface area contributed by atoms with E-state index in [-0.39, 0.29) is 17.4 Å². The van der Waals surface area contributed by atoms with E-state index < -0.39 is 0 Å². The standard InChI is InChI=1S/C8H8Cl2O2S/c9-7-5(12)1-2-6(8(7)10)13-4-3-11/h1-2,11-12H,3-4H2. The summed E-state index contributed by atoms with van der Waals surface area (Å²) in [5, 5.41) is 18.3. The third-order valence-corrected chi connectivity index (χ3v) is 3.40. The van der Waals surface area contributed by atoms with Gasteiger partial charge >= 0.3 is 0 Å². The van der Waals surface area contributed by atoms with Crippen molar-refractivity contribution in [1.82, 2.24) is 0 Å². The molecule has 1 aromatic rings. The molecule has 2 nitrogen and oxygen atoms in total. The lowest BCUT2D eigenvalue weighted by Gasteiger charge is -2.05. The highest BCUT2D eigenvalue weighted by Gasteiger charge is 2.08. The minimum Gasteiger partial charge on any atom is -0.506 e. The monoisotopic (exact) mass is 238 g/mol. The quantitative estimate of drug-likeness (QED) is 0.797. The molecule has 0 amide bonds. The molecule has 0 saturated carbocycles. The fourth-order valence-electron chi connectivity index (χ4n) is 0.789. The zero-order valence-electron chi connectivity index (χ0n) is 6.63. The van der Waals surface area contributed by atoms with Crippen LogP contribution in [0.4, 0.5) is 0 Å². The van der Waals surface area contributed by atoms with Crippen molar-refractivity contribution in [3.05, 3.63) is 22.2 Å². The molecule has 0 radical (unpaired) electrons. The molecular weight excluding hydrogens is 231 g/mol. The van der Waals surface area contributed by atoms with E-state index in [2.05, 4.69) is 0 Å². The summed E-state index contributed by atoms with van der Waals surface area (Å²) in [6, 6.07) is 3.15. The van der Waals surface area contributed by atoms with Crippen LogP contribution in [0, 0.1) is 0 Å². The predicted molar refractivity (Wildman–Crippen MR) is 55.9 cm³/mol. The average molecular weight is 239 g/mol. The highest BCUT2D eigenvalue weighted by atomic mass is 35.5. The van der Waals surface area contributed by atoms with E-state index in [0.717, 1.165) is 4.90 Å². The van der Waals surface area contributed by atoms with Crippen LogP contribution in [0.1, 0.15) is 0 Å². The van der Waals surface area contributed by atoms with Gasteiger partial charge in [-0.2, -0.15) is 0 Å². The van der Waals surface area contributed by atoms with Crippen LogP contribution in [-0.4, -0.2) is 22.6 Å². The molecule has 5 heteroatoms. The van der Waals surface area contributed by atoms with Crippen molar-refractivity contribution in [2.24, 2.45) is 0 Å². The third kappa shape index (κ3) is 2.68. The van der Waals surface area contributed by atoms with Gasteiger partial charge in [-0.3, -0.25) is 0 Å². The Hall–Kier alpha value is -0.0900. The molecule has 0 heterocycles. The van der Waals surface area contributed by atoms with E-state index in [9.17, 15) is 5.11 Å². The molecule has 0 saturated heterocycles. The summed E-state index contributed by atoms with van der Waals surface area (Å²) in [5.74, 6) is 0.529. The second kappa shape index (κ2) is 4.96. The summed E-state index contributed by atoms with van der Waals surface area (Å²) < 4.78 is 0. The van der Waals surface area contributed by atoms with Crippen LogP contribution >= 0.6 is 35.0 Å². The van der Waals surface area contributed by atoms with Gasteiger partial charge in [-0.15, -0.1) is 11.8 Å². The fraction of sp³-hybridized carbons (Fsp3) is 0.250. The molecule has 0 unspecified atom stereocenters. The Morgan fingerprint density at radius 1 is 1.23 bits per heavy atom. The zero-order valence-corrected chi connectivity index (χ0v) is 8.96. The van der Waals surface area contributed by atoms with Gasteiger partial charge in [0.1, 0.15) is 10.8 Å². The summed E-state index contributed by atoms with van der Waals surface area (Å²) in [5.41, 5.74) is 0. The number of phenolic OH excluding ortho intramolecular Hbond substituents is 1. The average Bonchev–Trinajstić information content (AvgIpc) is 2.13. The van der Waals surface area contributed by atoms with E-state index in [0.29, 0.717) is 10.8 Å². The van der Waals surface area contributed by atoms with Crippen molar-refractivity contribution >= 4 is 35.0 Å². The van der Waals surface area contributed by atoms with Gasteiger partial charge in [0.15, 0.2) is 0 Å².